The minimum atomic E-state index is -0.664. The number of thiocarbonyl (C=S) groups is 1. The third kappa shape index (κ3) is 7.00. The maximum absolute atomic E-state index is 12.6. The largest absolute Gasteiger partial charge is 0.490 e. The Bertz CT molecular complexity index is 1190. The summed E-state index contributed by atoms with van der Waals surface area (Å²) in [7, 11) is 0. The van der Waals surface area contributed by atoms with Crippen molar-refractivity contribution in [2.24, 2.45) is 0 Å². The Kier molecular flexibility index (Phi) is 8.47. The van der Waals surface area contributed by atoms with Crippen LogP contribution in [0.4, 0.5) is 5.69 Å². The number of nitro benzene ring substituents is 1. The number of ether oxygens (including phenoxy) is 2. The molecule has 0 heterocycles. The van der Waals surface area contributed by atoms with Gasteiger partial charge in [0.15, 0.2) is 5.11 Å². The van der Waals surface area contributed by atoms with Gasteiger partial charge in [0.25, 0.3) is 17.5 Å². The van der Waals surface area contributed by atoms with Gasteiger partial charge in [0.1, 0.15) is 24.7 Å². The monoisotopic (exact) mass is 480 g/mol. The highest BCUT2D eigenvalue weighted by atomic mass is 32.1. The molecule has 0 aliphatic carbocycles. The molecule has 34 heavy (non-hydrogen) atoms. The molecule has 0 aromatic heterocycles. The molecule has 0 saturated heterocycles. The summed E-state index contributed by atoms with van der Waals surface area (Å²) in [6.07, 6.45) is 0. The molecule has 3 aromatic rings. The minimum absolute atomic E-state index is 0.0484. The first-order valence-corrected chi connectivity index (χ1v) is 10.4. The molecule has 3 aromatic carbocycles. The molecule has 3 rings (SSSR count). The molecule has 10 nitrogen and oxygen atoms in total. The number of carbonyl (C=O) groups is 2. The number of nitrogens with one attached hydrogen (secondary N) is 3. The lowest BCUT2D eigenvalue weighted by Gasteiger charge is -2.14. The van der Waals surface area contributed by atoms with Crippen molar-refractivity contribution in [3.05, 3.63) is 100 Å². The van der Waals surface area contributed by atoms with Crippen LogP contribution in [-0.4, -0.2) is 35.1 Å². The van der Waals surface area contributed by atoms with Crippen LogP contribution < -0.4 is 25.6 Å². The standard InChI is InChI=1S/C23H20N4O6S/c28-21(16-7-6-8-17(15-16)27(30)31)25-26-23(34)24-22(29)19-11-4-5-12-20(19)33-14-13-32-18-9-2-1-3-10-18/h1-12,15H,13-14H2,(H,25,28)(H2,24,26,29,34). The second-order valence-corrected chi connectivity index (χ2v) is 7.08. The van der Waals surface area contributed by atoms with Gasteiger partial charge in [-0.2, -0.15) is 0 Å². The quantitative estimate of drug-likeness (QED) is 0.194. The summed E-state index contributed by atoms with van der Waals surface area (Å²) in [6.45, 7) is 0.491. The maximum Gasteiger partial charge on any atom is 0.270 e. The average Bonchev–Trinajstić information content (AvgIpc) is 2.86. The smallest absolute Gasteiger partial charge is 0.270 e. The van der Waals surface area contributed by atoms with Crippen LogP contribution in [0.5, 0.6) is 11.5 Å². The Labute approximate surface area is 200 Å². The van der Waals surface area contributed by atoms with Crippen molar-refractivity contribution >= 4 is 34.8 Å². The molecular weight excluding hydrogens is 460 g/mol. The molecule has 11 heteroatoms. The summed E-state index contributed by atoms with van der Waals surface area (Å²) < 4.78 is 11.2. The van der Waals surface area contributed by atoms with Crippen LogP contribution in [-0.2, 0) is 0 Å². The number of hydrazine groups is 1. The van der Waals surface area contributed by atoms with Crippen molar-refractivity contribution in [1.82, 2.24) is 16.2 Å². The van der Waals surface area contributed by atoms with E-state index in [1.165, 1.54) is 18.2 Å². The number of non-ortho nitro benzene ring substituents is 1. The third-order valence-corrected chi connectivity index (χ3v) is 4.52. The van der Waals surface area contributed by atoms with Crippen molar-refractivity contribution in [3.63, 3.8) is 0 Å². The first-order chi connectivity index (χ1) is 16.4. The number of rotatable bonds is 8. The van der Waals surface area contributed by atoms with Gasteiger partial charge in [-0.05, 0) is 42.5 Å². The van der Waals surface area contributed by atoms with Crippen LogP contribution in [0.1, 0.15) is 20.7 Å². The molecule has 0 unspecified atom stereocenters. The lowest BCUT2D eigenvalue weighted by Crippen LogP contribution is -2.48. The van der Waals surface area contributed by atoms with Gasteiger partial charge in [-0.25, -0.2) is 0 Å². The van der Waals surface area contributed by atoms with E-state index in [9.17, 15) is 19.7 Å². The van der Waals surface area contributed by atoms with E-state index in [-0.39, 0.29) is 35.1 Å². The van der Waals surface area contributed by atoms with E-state index >= 15 is 0 Å². The highest BCUT2D eigenvalue weighted by Crippen LogP contribution is 2.18. The predicted octanol–water partition coefficient (Wildman–Crippen LogP) is 3.00. The highest BCUT2D eigenvalue weighted by Gasteiger charge is 2.15. The average molecular weight is 481 g/mol. The topological polar surface area (TPSA) is 132 Å². The summed E-state index contributed by atoms with van der Waals surface area (Å²) >= 11 is 5.04. The van der Waals surface area contributed by atoms with E-state index < -0.39 is 16.7 Å². The number of nitrogens with zero attached hydrogens (tertiary/aromatic N) is 1. The third-order valence-electron chi connectivity index (χ3n) is 4.32. The molecule has 0 saturated carbocycles. The van der Waals surface area contributed by atoms with Gasteiger partial charge in [-0.3, -0.25) is 35.9 Å². The van der Waals surface area contributed by atoms with E-state index in [4.69, 9.17) is 21.7 Å². The fourth-order valence-corrected chi connectivity index (χ4v) is 2.90. The summed E-state index contributed by atoms with van der Waals surface area (Å²) in [4.78, 5) is 35.0. The van der Waals surface area contributed by atoms with Crippen LogP contribution in [0.3, 0.4) is 0 Å². The van der Waals surface area contributed by atoms with Gasteiger partial charge in [0, 0.05) is 17.7 Å². The number of hydrogen-bond donors (Lipinski definition) is 3. The van der Waals surface area contributed by atoms with E-state index in [0.717, 1.165) is 6.07 Å². The highest BCUT2D eigenvalue weighted by molar-refractivity contribution is 7.80. The summed E-state index contributed by atoms with van der Waals surface area (Å²) in [6, 6.07) is 21.0. The Morgan fingerprint density at radius 2 is 1.56 bits per heavy atom. The number of amides is 2. The molecule has 0 atom stereocenters. The van der Waals surface area contributed by atoms with Crippen molar-refractivity contribution in [3.8, 4) is 11.5 Å². The van der Waals surface area contributed by atoms with Crippen molar-refractivity contribution < 1.29 is 24.0 Å². The fraction of sp³-hybridized carbons (Fsp3) is 0.0870. The minimum Gasteiger partial charge on any atom is -0.490 e. The van der Waals surface area contributed by atoms with E-state index in [2.05, 4.69) is 16.2 Å². The van der Waals surface area contributed by atoms with Crippen LogP contribution in [0.15, 0.2) is 78.9 Å². The Morgan fingerprint density at radius 3 is 2.32 bits per heavy atom. The molecule has 0 bridgehead atoms. The molecule has 0 aliphatic heterocycles. The number of nitro groups is 1. The van der Waals surface area contributed by atoms with Gasteiger partial charge < -0.3 is 9.47 Å². The molecule has 2 amide bonds. The molecule has 0 spiro atoms. The van der Waals surface area contributed by atoms with Crippen molar-refractivity contribution in [2.75, 3.05) is 13.2 Å². The first-order valence-electron chi connectivity index (χ1n) is 10.00. The zero-order valence-corrected chi connectivity index (χ0v) is 18.5. The second-order valence-electron chi connectivity index (χ2n) is 6.68. The summed E-state index contributed by atoms with van der Waals surface area (Å²) in [5, 5.41) is 13.1. The summed E-state index contributed by atoms with van der Waals surface area (Å²) in [5.41, 5.74) is 4.72. The Hall–Kier alpha value is -4.51. The van der Waals surface area contributed by atoms with Crippen molar-refractivity contribution in [1.29, 1.82) is 0 Å². The second kappa shape index (κ2) is 11.9. The van der Waals surface area contributed by atoms with Crippen LogP contribution in [0.25, 0.3) is 0 Å². The number of benzene rings is 3. The fourth-order valence-electron chi connectivity index (χ4n) is 2.76. The lowest BCUT2D eigenvalue weighted by atomic mass is 10.2. The van der Waals surface area contributed by atoms with Crippen LogP contribution in [0, 0.1) is 10.1 Å². The van der Waals surface area contributed by atoms with Crippen molar-refractivity contribution in [2.45, 2.75) is 0 Å². The van der Waals surface area contributed by atoms with E-state index in [1.54, 1.807) is 24.3 Å². The van der Waals surface area contributed by atoms with E-state index in [0.29, 0.717) is 11.5 Å². The van der Waals surface area contributed by atoms with Gasteiger partial charge >= 0.3 is 0 Å². The molecule has 174 valence electrons. The molecule has 0 aliphatic rings. The maximum atomic E-state index is 12.6. The zero-order chi connectivity index (χ0) is 24.3. The Morgan fingerprint density at radius 1 is 0.853 bits per heavy atom. The first kappa shape index (κ1) is 24.1. The van der Waals surface area contributed by atoms with Crippen LogP contribution in [0.2, 0.25) is 0 Å². The van der Waals surface area contributed by atoms with Gasteiger partial charge in [-0.15, -0.1) is 0 Å². The summed E-state index contributed by atoms with van der Waals surface area (Å²) in [5.74, 6) is -0.176. The molecule has 0 radical (unpaired) electrons. The SMILES string of the molecule is O=C(NNC(=S)NC(=O)c1ccccc1OCCOc1ccccc1)c1cccc([N+](=O)[O-])c1. The van der Waals surface area contributed by atoms with Crippen LogP contribution >= 0.6 is 12.2 Å². The number of para-hydroxylation sites is 2. The van der Waals surface area contributed by atoms with Gasteiger partial charge in [0.05, 0.1) is 10.5 Å². The predicted molar refractivity (Wildman–Crippen MR) is 128 cm³/mol. The number of carbonyl (C=O) groups excluding carboxylic acids is 2. The Balaban J connectivity index is 1.50. The molecular formula is C23H20N4O6S. The lowest BCUT2D eigenvalue weighted by molar-refractivity contribution is -0.384. The zero-order valence-electron chi connectivity index (χ0n) is 17.7. The van der Waals surface area contributed by atoms with Gasteiger partial charge in [-0.1, -0.05) is 36.4 Å². The molecule has 0 fully saturated rings. The normalized spacial score (nSPS) is 10.0. The number of hydrogen-bond acceptors (Lipinski definition) is 7. The van der Waals surface area contributed by atoms with Gasteiger partial charge in [0.2, 0.25) is 0 Å². The molecule has 3 N–H and O–H groups in total. The van der Waals surface area contributed by atoms with E-state index in [1.807, 2.05) is 30.3 Å².